The second-order valence-electron chi connectivity index (χ2n) is 11.7. The number of hydrogen-bond acceptors (Lipinski definition) is 5. The Morgan fingerprint density at radius 1 is 0.651 bits per heavy atom. The molecule has 7 heteroatoms. The van der Waals surface area contributed by atoms with Crippen LogP contribution in [0.15, 0.2) is 106 Å². The summed E-state index contributed by atoms with van der Waals surface area (Å²) in [4.78, 5) is 4.88. The van der Waals surface area contributed by atoms with Crippen molar-refractivity contribution in [3.63, 3.8) is 0 Å². The SMILES string of the molecule is c1ccc2c(c1)oc1ccc(-c3ccc4oc5ccc(-c6cnc7n6C6CCCCC6Oc6ccnn6-7)cc5c4c3)cc12. The van der Waals surface area contributed by atoms with Crippen molar-refractivity contribution in [1.29, 1.82) is 0 Å². The highest BCUT2D eigenvalue weighted by molar-refractivity contribution is 6.09. The molecule has 4 aromatic heterocycles. The number of para-hydroxylation sites is 1. The Balaban J connectivity index is 1.13. The van der Waals surface area contributed by atoms with E-state index in [1.807, 2.05) is 29.1 Å². The van der Waals surface area contributed by atoms with Gasteiger partial charge < -0.3 is 18.1 Å². The molecule has 0 radical (unpaired) electrons. The molecule has 5 heterocycles. The average Bonchev–Trinajstić information content (AvgIpc) is 3.83. The predicted molar refractivity (Wildman–Crippen MR) is 167 cm³/mol. The molecule has 2 aliphatic rings. The molecular weight excluding hydrogens is 536 g/mol. The topological polar surface area (TPSA) is 71.2 Å². The number of nitrogens with zero attached hydrogens (tertiary/aromatic N) is 4. The van der Waals surface area contributed by atoms with Crippen molar-refractivity contribution < 1.29 is 13.6 Å². The molecule has 0 spiro atoms. The minimum Gasteiger partial charge on any atom is -0.472 e. The minimum atomic E-state index is 0.101. The third-order valence-electron chi connectivity index (χ3n) is 9.32. The van der Waals surface area contributed by atoms with Crippen LogP contribution in [0.2, 0.25) is 0 Å². The highest BCUT2D eigenvalue weighted by Crippen LogP contribution is 2.42. The Hall–Kier alpha value is -5.30. The maximum absolute atomic E-state index is 6.47. The molecule has 7 nitrogen and oxygen atoms in total. The summed E-state index contributed by atoms with van der Waals surface area (Å²) in [5.41, 5.74) is 8.01. The zero-order valence-corrected chi connectivity index (χ0v) is 23.2. The average molecular weight is 563 g/mol. The molecule has 43 heavy (non-hydrogen) atoms. The smallest absolute Gasteiger partial charge is 0.234 e. The van der Waals surface area contributed by atoms with E-state index >= 15 is 0 Å². The Morgan fingerprint density at radius 3 is 2.09 bits per heavy atom. The van der Waals surface area contributed by atoms with E-state index in [2.05, 4.69) is 76.4 Å². The third kappa shape index (κ3) is 3.36. The van der Waals surface area contributed by atoms with Gasteiger partial charge in [-0.1, -0.05) is 36.8 Å². The fraction of sp³-hybridized carbons (Fsp3) is 0.167. The van der Waals surface area contributed by atoms with E-state index in [0.717, 1.165) is 90.9 Å². The van der Waals surface area contributed by atoms with Crippen molar-refractivity contribution >= 4 is 43.9 Å². The molecule has 0 saturated heterocycles. The number of hydrogen-bond donors (Lipinski definition) is 0. The second kappa shape index (κ2) is 8.61. The van der Waals surface area contributed by atoms with Crippen LogP contribution in [-0.2, 0) is 0 Å². The maximum atomic E-state index is 6.47. The predicted octanol–water partition coefficient (Wildman–Crippen LogP) is 9.08. The Labute approximate surface area is 245 Å². The van der Waals surface area contributed by atoms with Crippen molar-refractivity contribution in [2.45, 2.75) is 37.8 Å². The van der Waals surface area contributed by atoms with Gasteiger partial charge in [-0.25, -0.2) is 4.98 Å². The normalized spacial score (nSPS) is 18.0. The lowest BCUT2D eigenvalue weighted by molar-refractivity contribution is 0.101. The lowest BCUT2D eigenvalue weighted by atomic mass is 9.91. The van der Waals surface area contributed by atoms with Gasteiger partial charge in [0.05, 0.1) is 24.1 Å². The first kappa shape index (κ1) is 23.3. The van der Waals surface area contributed by atoms with Gasteiger partial charge >= 0.3 is 0 Å². The van der Waals surface area contributed by atoms with E-state index in [-0.39, 0.29) is 12.1 Å². The summed E-state index contributed by atoms with van der Waals surface area (Å²) in [5.74, 6) is 1.57. The van der Waals surface area contributed by atoms with Crippen LogP contribution < -0.4 is 4.74 Å². The Morgan fingerprint density at radius 2 is 1.30 bits per heavy atom. The lowest BCUT2D eigenvalue weighted by Gasteiger charge is -2.31. The van der Waals surface area contributed by atoms with Crippen molar-refractivity contribution in [1.82, 2.24) is 19.3 Å². The van der Waals surface area contributed by atoms with Crippen molar-refractivity contribution in [2.75, 3.05) is 0 Å². The van der Waals surface area contributed by atoms with Gasteiger partial charge in [0.1, 0.15) is 28.4 Å². The molecule has 2 atom stereocenters. The molecule has 1 aliphatic carbocycles. The van der Waals surface area contributed by atoms with Crippen LogP contribution in [0.4, 0.5) is 0 Å². The van der Waals surface area contributed by atoms with E-state index in [1.165, 1.54) is 12.8 Å². The number of imidazole rings is 1. The number of ether oxygens (including phenoxy) is 1. The largest absolute Gasteiger partial charge is 0.472 e. The molecule has 1 fully saturated rings. The Kier molecular flexibility index (Phi) is 4.66. The highest BCUT2D eigenvalue weighted by atomic mass is 16.5. The van der Waals surface area contributed by atoms with Gasteiger partial charge in [0.25, 0.3) is 0 Å². The minimum absolute atomic E-state index is 0.101. The van der Waals surface area contributed by atoms with Crippen molar-refractivity contribution in [3.8, 4) is 34.2 Å². The van der Waals surface area contributed by atoms with Crippen molar-refractivity contribution in [3.05, 3.63) is 97.3 Å². The molecule has 8 aromatic rings. The van der Waals surface area contributed by atoms with E-state index in [1.54, 1.807) is 6.20 Å². The highest BCUT2D eigenvalue weighted by Gasteiger charge is 2.36. The summed E-state index contributed by atoms with van der Waals surface area (Å²) >= 11 is 0. The van der Waals surface area contributed by atoms with Crippen LogP contribution in [0.5, 0.6) is 5.88 Å². The van der Waals surface area contributed by atoms with Gasteiger partial charge in [-0.05, 0) is 78.9 Å². The zero-order valence-electron chi connectivity index (χ0n) is 23.2. The fourth-order valence-electron chi connectivity index (χ4n) is 7.27. The summed E-state index contributed by atoms with van der Waals surface area (Å²) in [5, 5.41) is 9.00. The Bertz CT molecular complexity index is 2370. The van der Waals surface area contributed by atoms with Crippen LogP contribution in [0.1, 0.15) is 31.7 Å². The first-order valence-electron chi connectivity index (χ1n) is 15.0. The molecule has 0 bridgehead atoms. The van der Waals surface area contributed by atoms with Crippen LogP contribution in [0, 0.1) is 0 Å². The van der Waals surface area contributed by atoms with E-state index in [9.17, 15) is 0 Å². The summed E-state index contributed by atoms with van der Waals surface area (Å²) in [6.07, 6.45) is 8.31. The molecule has 0 amide bonds. The molecule has 2 unspecified atom stereocenters. The van der Waals surface area contributed by atoms with E-state index in [4.69, 9.17) is 18.6 Å². The van der Waals surface area contributed by atoms with Gasteiger partial charge in [-0.15, -0.1) is 0 Å². The van der Waals surface area contributed by atoms with Crippen LogP contribution in [-0.4, -0.2) is 25.4 Å². The molecule has 1 aliphatic heterocycles. The van der Waals surface area contributed by atoms with Crippen LogP contribution in [0.25, 0.3) is 72.2 Å². The van der Waals surface area contributed by atoms with Gasteiger partial charge in [-0.2, -0.15) is 9.78 Å². The molecule has 10 rings (SSSR count). The molecule has 208 valence electrons. The zero-order chi connectivity index (χ0) is 28.1. The maximum Gasteiger partial charge on any atom is 0.234 e. The molecule has 0 N–H and O–H groups in total. The lowest BCUT2D eigenvalue weighted by Crippen LogP contribution is -2.31. The number of furan rings is 2. The van der Waals surface area contributed by atoms with Gasteiger partial charge in [0.2, 0.25) is 11.8 Å². The molecular formula is C36H26N4O3. The summed E-state index contributed by atoms with van der Waals surface area (Å²) in [6, 6.07) is 29.7. The standard InChI is InChI=1S/C36H26N4O3/c1-3-7-30-24(5-1)25-17-21(9-12-31(25)41-30)22-10-13-32-26(18-22)27-19-23(11-14-33(27)42-32)29-20-37-36-39(29)28-6-2-4-8-34(28)43-35-15-16-38-40(35)36/h1,3,5,7,9-20,28,34H,2,4,6,8H2. The van der Waals surface area contributed by atoms with E-state index in [0.29, 0.717) is 0 Å². The monoisotopic (exact) mass is 562 g/mol. The van der Waals surface area contributed by atoms with Gasteiger partial charge in [0.15, 0.2) is 0 Å². The number of rotatable bonds is 2. The number of fused-ring (bicyclic) bond motifs is 11. The second-order valence-corrected chi connectivity index (χ2v) is 11.7. The fourth-order valence-corrected chi connectivity index (χ4v) is 7.27. The summed E-state index contributed by atoms with van der Waals surface area (Å²) in [6.45, 7) is 0. The molecule has 4 aromatic carbocycles. The molecule has 1 saturated carbocycles. The van der Waals surface area contributed by atoms with Gasteiger partial charge in [0, 0.05) is 33.2 Å². The van der Waals surface area contributed by atoms with Crippen LogP contribution >= 0.6 is 0 Å². The first-order chi connectivity index (χ1) is 21.3. The third-order valence-corrected chi connectivity index (χ3v) is 9.32. The number of benzene rings is 4. The van der Waals surface area contributed by atoms with Crippen molar-refractivity contribution in [2.24, 2.45) is 0 Å². The number of aromatic nitrogens is 4. The quantitative estimate of drug-likeness (QED) is 0.210. The summed E-state index contributed by atoms with van der Waals surface area (Å²) < 4.78 is 23.0. The van der Waals surface area contributed by atoms with Gasteiger partial charge in [-0.3, -0.25) is 0 Å². The van der Waals surface area contributed by atoms with Crippen LogP contribution in [0.3, 0.4) is 0 Å². The first-order valence-corrected chi connectivity index (χ1v) is 15.0. The van der Waals surface area contributed by atoms with E-state index < -0.39 is 0 Å². The summed E-state index contributed by atoms with van der Waals surface area (Å²) in [7, 11) is 0.